The largest absolute Gasteiger partial charge is 0.505 e. The van der Waals surface area contributed by atoms with Crippen molar-refractivity contribution in [1.29, 1.82) is 0 Å². The monoisotopic (exact) mass is 790 g/mol. The molecule has 4 aromatic rings. The fraction of sp³-hybridized carbons (Fsp3) is 0.0417. The van der Waals surface area contributed by atoms with Gasteiger partial charge in [-0.25, -0.2) is 10.5 Å². The van der Waals surface area contributed by atoms with Gasteiger partial charge in [-0.2, -0.15) is 16.8 Å². The molecule has 0 spiro atoms. The van der Waals surface area contributed by atoms with Crippen molar-refractivity contribution >= 4 is 95.1 Å². The number of nitrogens with one attached hydrogen (secondary N) is 1. The second-order valence-corrected chi connectivity index (χ2v) is 13.6. The highest BCUT2D eigenvalue weighted by molar-refractivity contribution is 7.95. The second kappa shape index (κ2) is 16.0. The number of aromatic hydroxyl groups is 2. The van der Waals surface area contributed by atoms with Gasteiger partial charge >= 0.3 is 0 Å². The number of carbonyl (C=O) groups excluding carboxylic acids is 1. The topological polar surface area (TPSA) is 348 Å². The molecule has 4 rings (SSSR count). The maximum absolute atomic E-state index is 12.4. The molecule has 27 heteroatoms. The first-order valence-electron chi connectivity index (χ1n) is 12.8. The molecule has 0 aromatic heterocycles. The van der Waals surface area contributed by atoms with Gasteiger partial charge < -0.3 is 15.5 Å². The van der Waals surface area contributed by atoms with Crippen LogP contribution >= 0.6 is 24.1 Å². The lowest BCUT2D eigenvalue weighted by atomic mass is 10.1. The van der Waals surface area contributed by atoms with Crippen LogP contribution in [-0.4, -0.2) is 57.5 Å². The van der Waals surface area contributed by atoms with Crippen LogP contribution in [0.3, 0.4) is 0 Å². The van der Waals surface area contributed by atoms with Crippen molar-refractivity contribution in [3.8, 4) is 11.5 Å². The quantitative estimate of drug-likeness (QED) is 0.0184. The number of phenolic OH excluding ortho intramolecular Hbond substituents is 2. The number of nitrogens with zero attached hydrogens (tertiary/aromatic N) is 5. The number of anilines is 1. The van der Waals surface area contributed by atoms with Crippen molar-refractivity contribution in [3.05, 3.63) is 58.6 Å². The molecule has 0 aliphatic heterocycles. The van der Waals surface area contributed by atoms with E-state index < -0.39 is 80.5 Å². The first kappa shape index (κ1) is 38.9. The number of nitro benzene ring substituents is 1. The van der Waals surface area contributed by atoms with Crippen LogP contribution in [0.5, 0.6) is 11.5 Å². The average molecular weight is 791 g/mol. The summed E-state index contributed by atoms with van der Waals surface area (Å²) in [6.07, 6.45) is 0. The van der Waals surface area contributed by atoms with Crippen molar-refractivity contribution in [1.82, 2.24) is 0 Å². The van der Waals surface area contributed by atoms with Gasteiger partial charge in [-0.05, 0) is 41.8 Å². The smallest absolute Gasteiger partial charge is 0.296 e. The number of hydrogen-bond donors (Lipinski definition) is 7. The summed E-state index contributed by atoms with van der Waals surface area (Å²) in [5.74, 6) is -2.75. The Kier molecular flexibility index (Phi) is 12.2. The number of fused-ring (bicyclic) bond motifs is 1. The summed E-state index contributed by atoms with van der Waals surface area (Å²) in [6.45, 7) is 1.14. The molecule has 0 heterocycles. The minimum atomic E-state index is -5.24. The standard InChI is InChI=1S/C24H18N6O17S4/c1-10(31)25-12-2-4-15(18(8-12)50(38,39)40)27-28-21-17(49-47-45-37)6-11-7-19(51(41,42)43)22(24(33)20(11)23(21)32)29-26-14-5-3-13(30(34)35)9-16(14)48-46-44-36/h2-9,32-33,36-37H,1H3,(H,25,31)(H,38,39,40)(H,41,42,43). The lowest BCUT2D eigenvalue weighted by Crippen LogP contribution is -2.07. The van der Waals surface area contributed by atoms with E-state index in [9.17, 15) is 51.1 Å². The molecule has 0 saturated heterocycles. The van der Waals surface area contributed by atoms with E-state index in [1.54, 1.807) is 0 Å². The molecule has 0 aliphatic rings. The number of nitro groups is 1. The molecular formula is C24H18N6O17S4. The van der Waals surface area contributed by atoms with Crippen molar-refractivity contribution in [2.75, 3.05) is 5.32 Å². The third-order valence-electron chi connectivity index (χ3n) is 6.06. The van der Waals surface area contributed by atoms with E-state index in [0.717, 1.165) is 43.3 Å². The number of rotatable bonds is 14. The van der Waals surface area contributed by atoms with Crippen LogP contribution in [0, 0.1) is 10.1 Å². The van der Waals surface area contributed by atoms with Crippen molar-refractivity contribution in [2.45, 2.75) is 26.5 Å². The number of hydrogen-bond acceptors (Lipinski definition) is 21. The normalized spacial score (nSPS) is 12.3. The van der Waals surface area contributed by atoms with Gasteiger partial charge in [0.25, 0.3) is 25.9 Å². The molecule has 7 N–H and O–H groups in total. The zero-order valence-electron chi connectivity index (χ0n) is 24.7. The van der Waals surface area contributed by atoms with Crippen LogP contribution < -0.4 is 5.32 Å². The van der Waals surface area contributed by atoms with E-state index in [1.807, 2.05) is 0 Å². The van der Waals surface area contributed by atoms with Gasteiger partial charge in [0.2, 0.25) is 5.91 Å². The summed E-state index contributed by atoms with van der Waals surface area (Å²) < 4.78 is 77.3. The third-order valence-corrected chi connectivity index (χ3v) is 9.07. The van der Waals surface area contributed by atoms with Crippen molar-refractivity contribution < 1.29 is 75.1 Å². The van der Waals surface area contributed by atoms with Gasteiger partial charge in [-0.1, -0.05) is 10.1 Å². The molecule has 1 amide bonds. The van der Waals surface area contributed by atoms with Crippen LogP contribution in [0.1, 0.15) is 6.92 Å². The van der Waals surface area contributed by atoms with E-state index in [4.69, 9.17) is 10.5 Å². The van der Waals surface area contributed by atoms with Crippen molar-refractivity contribution in [2.24, 2.45) is 20.5 Å². The Morgan fingerprint density at radius 1 is 0.784 bits per heavy atom. The number of amides is 1. The van der Waals surface area contributed by atoms with Crippen molar-refractivity contribution in [3.63, 3.8) is 0 Å². The average Bonchev–Trinajstić information content (AvgIpc) is 3.04. The van der Waals surface area contributed by atoms with Crippen LogP contribution in [0.4, 0.5) is 34.1 Å². The molecule has 0 bridgehead atoms. The summed E-state index contributed by atoms with van der Waals surface area (Å²) in [4.78, 5) is 19.3. The number of carbonyl (C=O) groups is 1. The fourth-order valence-corrected chi connectivity index (χ4v) is 6.34. The molecule has 0 unspecified atom stereocenters. The van der Waals surface area contributed by atoms with Crippen LogP contribution in [-0.2, 0) is 43.8 Å². The van der Waals surface area contributed by atoms with Crippen LogP contribution in [0.25, 0.3) is 10.8 Å². The number of benzene rings is 4. The predicted molar refractivity (Wildman–Crippen MR) is 170 cm³/mol. The highest BCUT2D eigenvalue weighted by Gasteiger charge is 2.27. The first-order valence-corrected chi connectivity index (χ1v) is 17.2. The Hall–Kier alpha value is -4.91. The molecular weight excluding hydrogens is 773 g/mol. The minimum Gasteiger partial charge on any atom is -0.505 e. The van der Waals surface area contributed by atoms with Gasteiger partial charge in [0.1, 0.15) is 32.5 Å². The summed E-state index contributed by atoms with van der Waals surface area (Å²) in [6, 6.07) is 7.65. The van der Waals surface area contributed by atoms with Gasteiger partial charge in [-0.15, -0.1) is 29.1 Å². The van der Waals surface area contributed by atoms with E-state index in [1.165, 1.54) is 6.07 Å². The summed E-state index contributed by atoms with van der Waals surface area (Å²) in [5, 5.41) is 74.2. The van der Waals surface area contributed by atoms with E-state index >= 15 is 0 Å². The molecule has 51 heavy (non-hydrogen) atoms. The van der Waals surface area contributed by atoms with Gasteiger partial charge in [0.15, 0.2) is 11.5 Å². The van der Waals surface area contributed by atoms with Gasteiger partial charge in [0, 0.05) is 24.7 Å². The molecule has 23 nitrogen and oxygen atoms in total. The highest BCUT2D eigenvalue weighted by atomic mass is 32.2. The number of non-ortho nitro benzene ring substituents is 1. The zero-order chi connectivity index (χ0) is 37.7. The number of azo groups is 2. The summed E-state index contributed by atoms with van der Waals surface area (Å²) >= 11 is 0.360. The summed E-state index contributed by atoms with van der Waals surface area (Å²) in [7, 11) is -10.2. The predicted octanol–water partition coefficient (Wildman–Crippen LogP) is 6.30. The molecule has 0 fully saturated rings. The summed E-state index contributed by atoms with van der Waals surface area (Å²) in [5.41, 5.74) is -2.99. The van der Waals surface area contributed by atoms with Gasteiger partial charge in [-0.3, -0.25) is 24.0 Å². The van der Waals surface area contributed by atoms with Crippen LogP contribution in [0.2, 0.25) is 0 Å². The van der Waals surface area contributed by atoms with E-state index in [2.05, 4.69) is 44.5 Å². The minimum absolute atomic E-state index is 0.0534. The van der Waals surface area contributed by atoms with Crippen LogP contribution in [0.15, 0.2) is 88.6 Å². The third kappa shape index (κ3) is 9.26. The highest BCUT2D eigenvalue weighted by Crippen LogP contribution is 2.51. The Morgan fingerprint density at radius 3 is 1.94 bits per heavy atom. The fourth-order valence-electron chi connectivity index (χ4n) is 4.08. The lowest BCUT2D eigenvalue weighted by Gasteiger charge is -2.13. The maximum Gasteiger partial charge on any atom is 0.296 e. The molecule has 270 valence electrons. The van der Waals surface area contributed by atoms with E-state index in [0.29, 0.717) is 6.07 Å². The number of phenols is 2. The SMILES string of the molecule is CC(=O)Nc1ccc(N=Nc2c(SOOO)cc3cc(S(=O)(=O)O)c(N=Nc4ccc([N+](=O)[O-])cc4SOOO)c(O)c3c2O)c(S(=O)(=O)O)c1. The zero-order valence-corrected chi connectivity index (χ0v) is 27.9. The Bertz CT molecular complexity index is 2320. The Morgan fingerprint density at radius 2 is 1.35 bits per heavy atom. The molecule has 0 atom stereocenters. The molecule has 0 saturated carbocycles. The lowest BCUT2D eigenvalue weighted by molar-refractivity contribution is -0.432. The maximum atomic E-state index is 12.4. The second-order valence-electron chi connectivity index (χ2n) is 9.32. The van der Waals surface area contributed by atoms with E-state index in [-0.39, 0.29) is 50.6 Å². The molecule has 4 aromatic carbocycles. The molecule has 0 radical (unpaired) electrons. The Labute approximate surface area is 291 Å². The first-order chi connectivity index (χ1) is 24.0. The van der Waals surface area contributed by atoms with Gasteiger partial charge in [0.05, 0.1) is 44.2 Å². The molecule has 0 aliphatic carbocycles. The Balaban J connectivity index is 1.96.